The zero-order valence-corrected chi connectivity index (χ0v) is 13.3. The highest BCUT2D eigenvalue weighted by Crippen LogP contribution is 2.21. The molecule has 0 aliphatic carbocycles. The number of methoxy groups -OCH3 is 1. The minimum atomic E-state index is -3.52. The van der Waals surface area contributed by atoms with E-state index in [4.69, 9.17) is 4.52 Å². The Morgan fingerprint density at radius 1 is 1.32 bits per heavy atom. The molecule has 0 aliphatic heterocycles. The predicted molar refractivity (Wildman–Crippen MR) is 80.0 cm³/mol. The summed E-state index contributed by atoms with van der Waals surface area (Å²) in [6.45, 7) is 1.78. The number of aryl methyl sites for hydroxylation is 1. The predicted octanol–water partition coefficient (Wildman–Crippen LogP) is 1.74. The monoisotopic (exact) mass is 324 g/mol. The van der Waals surface area contributed by atoms with Crippen LogP contribution in [0.2, 0.25) is 0 Å². The second-order valence-electron chi connectivity index (χ2n) is 4.74. The highest BCUT2D eigenvalue weighted by atomic mass is 32.2. The molecule has 8 heteroatoms. The van der Waals surface area contributed by atoms with Gasteiger partial charge in [0.25, 0.3) is 0 Å². The van der Waals surface area contributed by atoms with Crippen LogP contribution in [0.1, 0.15) is 21.8 Å². The second-order valence-corrected chi connectivity index (χ2v) is 6.65. The van der Waals surface area contributed by atoms with Crippen molar-refractivity contribution >= 4 is 21.7 Å². The number of benzene rings is 1. The molecule has 0 N–H and O–H groups in total. The number of aromatic nitrogens is 1. The minimum absolute atomic E-state index is 0.0250. The zero-order valence-electron chi connectivity index (χ0n) is 12.4. The Labute approximate surface area is 128 Å². The summed E-state index contributed by atoms with van der Waals surface area (Å²) in [6, 6.07) is 7.75. The van der Waals surface area contributed by atoms with E-state index in [9.17, 15) is 13.2 Å². The summed E-state index contributed by atoms with van der Waals surface area (Å²) in [6.07, 6.45) is 1.10. The molecule has 0 saturated heterocycles. The topological polar surface area (TPSA) is 89.7 Å². The number of rotatable bonds is 5. The van der Waals surface area contributed by atoms with Crippen LogP contribution in [0.3, 0.4) is 0 Å². The van der Waals surface area contributed by atoms with Gasteiger partial charge in [0.1, 0.15) is 0 Å². The maximum absolute atomic E-state index is 12.0. The van der Waals surface area contributed by atoms with Crippen LogP contribution in [-0.2, 0) is 21.3 Å². The Balaban J connectivity index is 2.32. The van der Waals surface area contributed by atoms with Gasteiger partial charge in [-0.1, -0.05) is 5.16 Å². The first kappa shape index (κ1) is 16.0. The summed E-state index contributed by atoms with van der Waals surface area (Å²) in [5, 5.41) is 3.74. The number of ether oxygens (including phenoxy) is 1. The molecule has 0 fully saturated rings. The molecule has 1 aromatic heterocycles. The van der Waals surface area contributed by atoms with E-state index >= 15 is 0 Å². The smallest absolute Gasteiger partial charge is 0.337 e. The van der Waals surface area contributed by atoms with E-state index in [1.54, 1.807) is 13.0 Å². The molecule has 2 rings (SSSR count). The van der Waals surface area contributed by atoms with E-state index in [1.165, 1.54) is 35.7 Å². The molecule has 0 atom stereocenters. The molecule has 2 aromatic rings. The van der Waals surface area contributed by atoms with E-state index in [0.717, 1.165) is 6.26 Å². The molecule has 0 unspecified atom stereocenters. The van der Waals surface area contributed by atoms with E-state index in [0.29, 0.717) is 22.7 Å². The third-order valence-corrected chi connectivity index (χ3v) is 4.09. The Kier molecular flexibility index (Phi) is 4.51. The fourth-order valence-electron chi connectivity index (χ4n) is 1.91. The zero-order chi connectivity index (χ0) is 16.3. The highest BCUT2D eigenvalue weighted by Gasteiger charge is 2.20. The first-order chi connectivity index (χ1) is 10.3. The van der Waals surface area contributed by atoms with Crippen LogP contribution in [0.15, 0.2) is 34.9 Å². The molecule has 0 bridgehead atoms. The van der Waals surface area contributed by atoms with Gasteiger partial charge in [0.05, 0.1) is 36.9 Å². The number of hydrogen-bond donors (Lipinski definition) is 0. The van der Waals surface area contributed by atoms with E-state index in [1.807, 2.05) is 0 Å². The van der Waals surface area contributed by atoms with Gasteiger partial charge in [-0.3, -0.25) is 4.31 Å². The second kappa shape index (κ2) is 6.18. The van der Waals surface area contributed by atoms with Crippen LogP contribution in [0, 0.1) is 6.92 Å². The van der Waals surface area contributed by atoms with Gasteiger partial charge in [0, 0.05) is 6.07 Å². The summed E-state index contributed by atoms with van der Waals surface area (Å²) in [5.74, 6) is -0.0525. The molecule has 1 heterocycles. The van der Waals surface area contributed by atoms with Crippen LogP contribution in [0.5, 0.6) is 0 Å². The van der Waals surface area contributed by atoms with Gasteiger partial charge < -0.3 is 9.26 Å². The number of sulfonamides is 1. The average molecular weight is 324 g/mol. The van der Waals surface area contributed by atoms with E-state index in [2.05, 4.69) is 9.89 Å². The van der Waals surface area contributed by atoms with Crippen molar-refractivity contribution in [2.75, 3.05) is 17.7 Å². The lowest BCUT2D eigenvalue weighted by Gasteiger charge is -2.21. The van der Waals surface area contributed by atoms with Crippen LogP contribution < -0.4 is 4.31 Å². The van der Waals surface area contributed by atoms with Crippen molar-refractivity contribution in [2.24, 2.45) is 0 Å². The van der Waals surface area contributed by atoms with Crippen molar-refractivity contribution in [1.82, 2.24) is 5.16 Å². The quantitative estimate of drug-likeness (QED) is 0.778. The Morgan fingerprint density at radius 2 is 1.95 bits per heavy atom. The molecule has 1 aromatic carbocycles. The summed E-state index contributed by atoms with van der Waals surface area (Å²) in [4.78, 5) is 11.4. The van der Waals surface area contributed by atoms with Crippen molar-refractivity contribution in [3.05, 3.63) is 47.3 Å². The van der Waals surface area contributed by atoms with Crippen LogP contribution in [-0.4, -0.2) is 32.9 Å². The first-order valence-corrected chi connectivity index (χ1v) is 8.24. The SMILES string of the molecule is COC(=O)c1ccc(N(Cc2cc(C)no2)S(C)(=O)=O)cc1. The number of hydrogen-bond acceptors (Lipinski definition) is 6. The fraction of sp³-hybridized carbons (Fsp3) is 0.286. The lowest BCUT2D eigenvalue weighted by Crippen LogP contribution is -2.29. The van der Waals surface area contributed by atoms with Crippen LogP contribution in [0.4, 0.5) is 5.69 Å². The van der Waals surface area contributed by atoms with E-state index in [-0.39, 0.29) is 6.54 Å². The molecule has 0 radical (unpaired) electrons. The molecule has 22 heavy (non-hydrogen) atoms. The standard InChI is InChI=1S/C14H16N2O5S/c1-10-8-13(21-15-10)9-16(22(3,18)19)12-6-4-11(5-7-12)14(17)20-2/h4-8H,9H2,1-3H3. The average Bonchev–Trinajstić information content (AvgIpc) is 2.88. The summed E-state index contributed by atoms with van der Waals surface area (Å²) >= 11 is 0. The van der Waals surface area contributed by atoms with Gasteiger partial charge in [-0.05, 0) is 31.2 Å². The number of esters is 1. The molecule has 7 nitrogen and oxygen atoms in total. The molecule has 0 amide bonds. The van der Waals surface area contributed by atoms with Gasteiger partial charge in [-0.15, -0.1) is 0 Å². The molecule has 0 spiro atoms. The summed E-state index contributed by atoms with van der Waals surface area (Å²) in [7, 11) is -2.23. The van der Waals surface area contributed by atoms with Crippen LogP contribution in [0.25, 0.3) is 0 Å². The van der Waals surface area contributed by atoms with Gasteiger partial charge in [0.15, 0.2) is 5.76 Å². The maximum atomic E-state index is 12.0. The number of carbonyl (C=O) groups is 1. The lowest BCUT2D eigenvalue weighted by atomic mass is 10.2. The van der Waals surface area contributed by atoms with Crippen molar-refractivity contribution < 1.29 is 22.5 Å². The fourth-order valence-corrected chi connectivity index (χ4v) is 2.78. The van der Waals surface area contributed by atoms with Gasteiger partial charge >= 0.3 is 5.97 Å². The normalized spacial score (nSPS) is 11.2. The molecule has 118 valence electrons. The van der Waals surface area contributed by atoms with Crippen molar-refractivity contribution in [2.45, 2.75) is 13.5 Å². The third-order valence-electron chi connectivity index (χ3n) is 2.95. The van der Waals surface area contributed by atoms with Gasteiger partial charge in [-0.2, -0.15) is 0 Å². The number of anilines is 1. The Bertz CT molecular complexity index is 765. The molecule has 0 saturated carbocycles. The van der Waals surface area contributed by atoms with Crippen molar-refractivity contribution in [3.63, 3.8) is 0 Å². The van der Waals surface area contributed by atoms with Crippen LogP contribution >= 0.6 is 0 Å². The first-order valence-electron chi connectivity index (χ1n) is 6.39. The minimum Gasteiger partial charge on any atom is -0.465 e. The molecule has 0 aliphatic rings. The largest absolute Gasteiger partial charge is 0.465 e. The van der Waals surface area contributed by atoms with Gasteiger partial charge in [-0.25, -0.2) is 13.2 Å². The Morgan fingerprint density at radius 3 is 2.41 bits per heavy atom. The van der Waals surface area contributed by atoms with Crippen molar-refractivity contribution in [3.8, 4) is 0 Å². The molecular formula is C14H16N2O5S. The lowest BCUT2D eigenvalue weighted by molar-refractivity contribution is 0.0600. The summed E-state index contributed by atoms with van der Waals surface area (Å²) in [5.41, 5.74) is 1.43. The third kappa shape index (κ3) is 3.64. The summed E-state index contributed by atoms with van der Waals surface area (Å²) < 4.78 is 34.8. The Hall–Kier alpha value is -2.35. The highest BCUT2D eigenvalue weighted by molar-refractivity contribution is 7.92. The number of nitrogens with zero attached hydrogens (tertiary/aromatic N) is 2. The van der Waals surface area contributed by atoms with Crippen molar-refractivity contribution in [1.29, 1.82) is 0 Å². The van der Waals surface area contributed by atoms with E-state index < -0.39 is 16.0 Å². The van der Waals surface area contributed by atoms with Gasteiger partial charge in [0.2, 0.25) is 10.0 Å². The maximum Gasteiger partial charge on any atom is 0.337 e. The molecular weight excluding hydrogens is 308 g/mol. The number of carbonyl (C=O) groups excluding carboxylic acids is 1.